The minimum atomic E-state index is -0.322. The zero-order valence-electron chi connectivity index (χ0n) is 18.4. The highest BCUT2D eigenvalue weighted by molar-refractivity contribution is 6.06. The zero-order chi connectivity index (χ0) is 23.0. The van der Waals surface area contributed by atoms with E-state index in [2.05, 4.69) is 36.4 Å². The van der Waals surface area contributed by atoms with E-state index in [-0.39, 0.29) is 11.8 Å². The maximum Gasteiger partial charge on any atom is 0.308 e. The van der Waals surface area contributed by atoms with Crippen molar-refractivity contribution in [3.05, 3.63) is 131 Å². The van der Waals surface area contributed by atoms with Gasteiger partial charge in [-0.1, -0.05) is 97.1 Å². The molecule has 0 saturated heterocycles. The summed E-state index contributed by atoms with van der Waals surface area (Å²) in [5.41, 5.74) is 6.29. The third-order valence-electron chi connectivity index (χ3n) is 5.28. The zero-order valence-corrected chi connectivity index (χ0v) is 18.4. The molecule has 0 aliphatic heterocycles. The lowest BCUT2D eigenvalue weighted by molar-refractivity contribution is -0.131. The number of benzene rings is 4. The Labute approximate surface area is 194 Å². The van der Waals surface area contributed by atoms with Gasteiger partial charge in [0.2, 0.25) is 0 Å². The van der Waals surface area contributed by atoms with Gasteiger partial charge in [0.25, 0.3) is 0 Å². The number of hydrogen-bond donors (Lipinski definition) is 0. The molecule has 0 fully saturated rings. The van der Waals surface area contributed by atoms with Crippen molar-refractivity contribution in [3.63, 3.8) is 0 Å². The van der Waals surface area contributed by atoms with Crippen LogP contribution in [0, 0.1) is 0 Å². The van der Waals surface area contributed by atoms with Crippen molar-refractivity contribution in [1.82, 2.24) is 0 Å². The second-order valence-corrected chi connectivity index (χ2v) is 7.80. The summed E-state index contributed by atoms with van der Waals surface area (Å²) in [5, 5.41) is 0. The first-order chi connectivity index (χ1) is 16.1. The summed E-state index contributed by atoms with van der Waals surface area (Å²) in [6, 6.07) is 33.5. The normalized spacial score (nSPS) is 10.8. The molecule has 0 saturated carbocycles. The van der Waals surface area contributed by atoms with Crippen molar-refractivity contribution >= 4 is 17.8 Å². The highest BCUT2D eigenvalue weighted by atomic mass is 16.5. The number of esters is 1. The van der Waals surface area contributed by atoms with Crippen LogP contribution in [0.1, 0.15) is 34.0 Å². The van der Waals surface area contributed by atoms with Crippen LogP contribution < -0.4 is 4.74 Å². The Morgan fingerprint density at radius 2 is 1.24 bits per heavy atom. The van der Waals surface area contributed by atoms with Gasteiger partial charge in [-0.2, -0.15) is 0 Å². The molecule has 0 aliphatic rings. The summed E-state index contributed by atoms with van der Waals surface area (Å²) in [7, 11) is 0. The van der Waals surface area contributed by atoms with Crippen LogP contribution in [-0.4, -0.2) is 11.8 Å². The number of ether oxygens (including phenoxy) is 1. The van der Waals surface area contributed by atoms with Gasteiger partial charge in [-0.05, 0) is 52.4 Å². The topological polar surface area (TPSA) is 43.4 Å². The minimum absolute atomic E-state index is 0.000726. The molecule has 0 aliphatic carbocycles. The van der Waals surface area contributed by atoms with Crippen LogP contribution >= 0.6 is 0 Å². The van der Waals surface area contributed by atoms with Crippen molar-refractivity contribution in [3.8, 4) is 16.9 Å². The van der Waals surface area contributed by atoms with E-state index in [4.69, 9.17) is 4.74 Å². The van der Waals surface area contributed by atoms with Gasteiger partial charge in [0, 0.05) is 12.5 Å². The average Bonchev–Trinajstić information content (AvgIpc) is 2.85. The van der Waals surface area contributed by atoms with E-state index in [0.29, 0.717) is 11.3 Å². The second kappa shape index (κ2) is 10.4. The third-order valence-corrected chi connectivity index (χ3v) is 5.28. The van der Waals surface area contributed by atoms with Crippen LogP contribution in [-0.2, 0) is 11.2 Å². The molecule has 0 aromatic heterocycles. The Morgan fingerprint density at radius 1 is 0.697 bits per heavy atom. The Balaban J connectivity index is 1.37. The molecule has 0 N–H and O–H groups in total. The number of carbonyl (C=O) groups is 2. The molecule has 0 radical (unpaired) electrons. The van der Waals surface area contributed by atoms with Crippen LogP contribution in [0.15, 0.2) is 109 Å². The van der Waals surface area contributed by atoms with Gasteiger partial charge in [0.1, 0.15) is 5.75 Å². The number of ketones is 1. The summed E-state index contributed by atoms with van der Waals surface area (Å²) in [6.45, 7) is 1.39. The molecule has 0 amide bonds. The summed E-state index contributed by atoms with van der Waals surface area (Å²) >= 11 is 0. The average molecular weight is 433 g/mol. The van der Waals surface area contributed by atoms with Gasteiger partial charge >= 0.3 is 5.97 Å². The number of allylic oxidation sites excluding steroid dienone is 1. The molecule has 0 atom stereocenters. The van der Waals surface area contributed by atoms with E-state index in [1.165, 1.54) is 18.1 Å². The molecule has 4 aromatic rings. The molecular formula is C30H24O3. The fourth-order valence-corrected chi connectivity index (χ4v) is 3.55. The van der Waals surface area contributed by atoms with Crippen molar-refractivity contribution in [1.29, 1.82) is 0 Å². The Morgan fingerprint density at radius 3 is 1.82 bits per heavy atom. The summed E-state index contributed by atoms with van der Waals surface area (Å²) in [4.78, 5) is 23.3. The van der Waals surface area contributed by atoms with Gasteiger partial charge in [0.05, 0.1) is 0 Å². The number of hydrogen-bond acceptors (Lipinski definition) is 3. The van der Waals surface area contributed by atoms with Crippen molar-refractivity contribution in [2.45, 2.75) is 13.3 Å². The lowest BCUT2D eigenvalue weighted by Crippen LogP contribution is -2.00. The lowest BCUT2D eigenvalue weighted by Gasteiger charge is -2.07. The van der Waals surface area contributed by atoms with Gasteiger partial charge in [-0.25, -0.2) is 0 Å². The van der Waals surface area contributed by atoms with E-state index in [1.807, 2.05) is 60.7 Å². The van der Waals surface area contributed by atoms with Crippen molar-refractivity contribution in [2.24, 2.45) is 0 Å². The Hall–Kier alpha value is -4.24. The van der Waals surface area contributed by atoms with Gasteiger partial charge < -0.3 is 4.74 Å². The third kappa shape index (κ3) is 6.14. The molecule has 0 heterocycles. The Kier molecular flexibility index (Phi) is 6.91. The van der Waals surface area contributed by atoms with Crippen LogP contribution in [0.2, 0.25) is 0 Å². The fraction of sp³-hybridized carbons (Fsp3) is 0.0667. The first-order valence-corrected chi connectivity index (χ1v) is 10.8. The quantitative estimate of drug-likeness (QED) is 0.140. The molecule has 162 valence electrons. The summed E-state index contributed by atoms with van der Waals surface area (Å²) in [6.07, 6.45) is 4.29. The lowest BCUT2D eigenvalue weighted by atomic mass is 9.99. The van der Waals surface area contributed by atoms with E-state index >= 15 is 0 Å². The molecule has 0 unspecified atom stereocenters. The first kappa shape index (κ1) is 22.0. The minimum Gasteiger partial charge on any atom is -0.427 e. The van der Waals surface area contributed by atoms with Crippen LogP contribution in [0.5, 0.6) is 5.75 Å². The van der Waals surface area contributed by atoms with E-state index in [0.717, 1.165) is 23.1 Å². The van der Waals surface area contributed by atoms with Gasteiger partial charge in [-0.15, -0.1) is 0 Å². The van der Waals surface area contributed by atoms with Crippen LogP contribution in [0.3, 0.4) is 0 Å². The molecule has 0 bridgehead atoms. The van der Waals surface area contributed by atoms with Crippen LogP contribution in [0.25, 0.3) is 17.2 Å². The molecule has 4 aromatic carbocycles. The van der Waals surface area contributed by atoms with E-state index in [9.17, 15) is 9.59 Å². The summed E-state index contributed by atoms with van der Waals surface area (Å²) < 4.78 is 5.09. The molecular weight excluding hydrogens is 408 g/mol. The van der Waals surface area contributed by atoms with E-state index < -0.39 is 0 Å². The molecule has 3 heteroatoms. The maximum atomic E-state index is 12.2. The highest BCUT2D eigenvalue weighted by Gasteiger charge is 2.03. The predicted octanol–water partition coefficient (Wildman–Crippen LogP) is 6.77. The van der Waals surface area contributed by atoms with Gasteiger partial charge in [0.15, 0.2) is 5.78 Å². The predicted molar refractivity (Wildman–Crippen MR) is 132 cm³/mol. The molecule has 4 rings (SSSR count). The Bertz CT molecular complexity index is 1250. The standard InChI is InChI=1S/C30H24O3/c1-22(31)33-29-18-16-27(17-19-29)26-14-11-25(12-15-26)21-24-9-7-23(8-10-24)13-20-30(32)28-5-3-2-4-6-28/h2-20H,21H2,1H3/b20-13+. The smallest absolute Gasteiger partial charge is 0.308 e. The maximum absolute atomic E-state index is 12.2. The molecule has 0 spiro atoms. The van der Waals surface area contributed by atoms with Crippen LogP contribution in [0.4, 0.5) is 0 Å². The number of rotatable bonds is 7. The van der Waals surface area contributed by atoms with E-state index in [1.54, 1.807) is 18.2 Å². The largest absolute Gasteiger partial charge is 0.427 e. The van der Waals surface area contributed by atoms with Crippen molar-refractivity contribution < 1.29 is 14.3 Å². The SMILES string of the molecule is CC(=O)Oc1ccc(-c2ccc(Cc3ccc(/C=C/C(=O)c4ccccc4)cc3)cc2)cc1. The van der Waals surface area contributed by atoms with Crippen molar-refractivity contribution in [2.75, 3.05) is 0 Å². The summed E-state index contributed by atoms with van der Waals surface area (Å²) in [5.74, 6) is 0.225. The molecule has 3 nitrogen and oxygen atoms in total. The first-order valence-electron chi connectivity index (χ1n) is 10.8. The monoisotopic (exact) mass is 432 g/mol. The number of carbonyl (C=O) groups excluding carboxylic acids is 2. The molecule has 33 heavy (non-hydrogen) atoms. The van der Waals surface area contributed by atoms with Gasteiger partial charge in [-0.3, -0.25) is 9.59 Å². The highest BCUT2D eigenvalue weighted by Crippen LogP contribution is 2.24. The second-order valence-electron chi connectivity index (χ2n) is 7.80. The fourth-order valence-electron chi connectivity index (χ4n) is 3.55.